The van der Waals surface area contributed by atoms with Gasteiger partial charge in [0.1, 0.15) is 5.57 Å². The average Bonchev–Trinajstić information content (AvgIpc) is 2.63. The quantitative estimate of drug-likeness (QED) is 0.528. The minimum Gasteiger partial charge on any atom is -0.503 e. The smallest absolute Gasteiger partial charge is 0.335 e. The molecule has 1 aliphatic heterocycles. The lowest BCUT2D eigenvalue weighted by Gasteiger charge is -2.26. The monoisotopic (exact) mass is 464 g/mol. The maximum absolute atomic E-state index is 12.9. The number of nitrogens with one attached hydrogen (secondary N) is 1. The molecule has 4 amide bonds. The van der Waals surface area contributed by atoms with Gasteiger partial charge in [0.05, 0.1) is 17.3 Å². The van der Waals surface area contributed by atoms with E-state index in [0.717, 1.165) is 4.90 Å². The lowest BCUT2D eigenvalue weighted by molar-refractivity contribution is -0.122. The third-order valence-corrected chi connectivity index (χ3v) is 4.61. The van der Waals surface area contributed by atoms with E-state index in [1.54, 1.807) is 31.2 Å². The third kappa shape index (κ3) is 3.88. The number of carbonyl (C=O) groups is 3. The topological polar surface area (TPSA) is 95.9 Å². The summed E-state index contributed by atoms with van der Waals surface area (Å²) in [4.78, 5) is 38.2. The van der Waals surface area contributed by atoms with E-state index in [-0.39, 0.29) is 28.7 Å². The second-order valence-electron chi connectivity index (χ2n) is 5.72. The number of rotatable bonds is 4. The van der Waals surface area contributed by atoms with E-state index < -0.39 is 17.8 Å². The Bertz CT molecular complexity index is 1020. The number of benzene rings is 2. The molecule has 0 bridgehead atoms. The van der Waals surface area contributed by atoms with Gasteiger partial charge in [0, 0.05) is 4.47 Å². The third-order valence-electron chi connectivity index (χ3n) is 3.83. The fourth-order valence-corrected chi connectivity index (χ4v) is 3.22. The number of anilines is 1. The molecule has 0 atom stereocenters. The van der Waals surface area contributed by atoms with Crippen LogP contribution in [0.1, 0.15) is 12.5 Å². The van der Waals surface area contributed by atoms with E-state index in [1.807, 2.05) is 0 Å². The molecule has 2 aromatic rings. The van der Waals surface area contributed by atoms with Crippen LogP contribution >= 0.6 is 27.5 Å². The number of ether oxygens (including phenoxy) is 1. The molecule has 0 unspecified atom stereocenters. The second-order valence-corrected chi connectivity index (χ2v) is 7.04. The summed E-state index contributed by atoms with van der Waals surface area (Å²) in [7, 11) is 0. The van der Waals surface area contributed by atoms with Gasteiger partial charge < -0.3 is 9.84 Å². The Morgan fingerprint density at radius 1 is 1.25 bits per heavy atom. The second kappa shape index (κ2) is 8.04. The summed E-state index contributed by atoms with van der Waals surface area (Å²) in [5.41, 5.74) is 0.395. The van der Waals surface area contributed by atoms with Crippen LogP contribution in [0.5, 0.6) is 11.5 Å². The van der Waals surface area contributed by atoms with Crippen LogP contribution in [0.4, 0.5) is 10.5 Å². The van der Waals surface area contributed by atoms with Gasteiger partial charge in [-0.25, -0.2) is 9.69 Å². The Morgan fingerprint density at radius 2 is 2.00 bits per heavy atom. The van der Waals surface area contributed by atoms with Gasteiger partial charge in [-0.1, -0.05) is 33.6 Å². The van der Waals surface area contributed by atoms with Crippen molar-refractivity contribution in [1.82, 2.24) is 5.32 Å². The molecular weight excluding hydrogens is 452 g/mol. The molecule has 1 aliphatic rings. The number of halogens is 2. The lowest BCUT2D eigenvalue weighted by Crippen LogP contribution is -2.54. The average molecular weight is 466 g/mol. The van der Waals surface area contributed by atoms with Crippen molar-refractivity contribution in [2.45, 2.75) is 6.92 Å². The standard InChI is InChI=1S/C19H14BrClN2O5/c1-2-28-15-8-10(7-14(21)16(15)24)6-13-17(25)22-19(27)23(18(13)26)12-5-3-4-11(20)9-12/h3-9,24H,2H2,1H3,(H,22,25,27). The summed E-state index contributed by atoms with van der Waals surface area (Å²) in [6, 6.07) is 8.53. The van der Waals surface area contributed by atoms with E-state index in [4.69, 9.17) is 16.3 Å². The number of phenolic OH excluding ortho intramolecular Hbond substituents is 1. The molecule has 1 heterocycles. The van der Waals surface area contributed by atoms with Gasteiger partial charge in [-0.2, -0.15) is 0 Å². The number of carbonyl (C=O) groups excluding carboxylic acids is 3. The van der Waals surface area contributed by atoms with Crippen LogP contribution in [0, 0.1) is 0 Å². The van der Waals surface area contributed by atoms with E-state index in [1.165, 1.54) is 18.2 Å². The van der Waals surface area contributed by atoms with E-state index in [9.17, 15) is 19.5 Å². The summed E-state index contributed by atoms with van der Waals surface area (Å²) < 4.78 is 5.97. The number of aromatic hydroxyl groups is 1. The minimum atomic E-state index is -0.844. The molecule has 1 fully saturated rings. The molecule has 3 rings (SSSR count). The highest BCUT2D eigenvalue weighted by molar-refractivity contribution is 9.10. The molecule has 2 aromatic carbocycles. The van der Waals surface area contributed by atoms with E-state index >= 15 is 0 Å². The molecule has 2 N–H and O–H groups in total. The van der Waals surface area contributed by atoms with E-state index in [0.29, 0.717) is 15.7 Å². The van der Waals surface area contributed by atoms with E-state index in [2.05, 4.69) is 21.2 Å². The molecule has 0 saturated carbocycles. The van der Waals surface area contributed by atoms with Crippen LogP contribution in [0.15, 0.2) is 46.4 Å². The first kappa shape index (κ1) is 19.9. The highest BCUT2D eigenvalue weighted by Crippen LogP contribution is 2.36. The zero-order valence-corrected chi connectivity index (χ0v) is 16.9. The molecule has 0 aromatic heterocycles. The van der Waals surface area contributed by atoms with Crippen molar-refractivity contribution >= 4 is 57.1 Å². The van der Waals surface area contributed by atoms with Crippen molar-refractivity contribution in [2.24, 2.45) is 0 Å². The van der Waals surface area contributed by atoms with Crippen molar-refractivity contribution in [3.8, 4) is 11.5 Å². The highest BCUT2D eigenvalue weighted by atomic mass is 79.9. The predicted molar refractivity (Wildman–Crippen MR) is 107 cm³/mol. The SMILES string of the molecule is CCOc1cc(C=C2C(=O)NC(=O)N(c3cccc(Br)c3)C2=O)cc(Cl)c1O. The highest BCUT2D eigenvalue weighted by Gasteiger charge is 2.36. The Hall–Kier alpha value is -2.84. The first-order valence-electron chi connectivity index (χ1n) is 8.14. The first-order chi connectivity index (χ1) is 13.3. The lowest BCUT2D eigenvalue weighted by atomic mass is 10.1. The van der Waals surface area contributed by atoms with Gasteiger partial charge in [0.25, 0.3) is 11.8 Å². The Morgan fingerprint density at radius 3 is 2.68 bits per heavy atom. The summed E-state index contributed by atoms with van der Waals surface area (Å²) in [5, 5.41) is 12.1. The van der Waals surface area contributed by atoms with Crippen molar-refractivity contribution in [2.75, 3.05) is 11.5 Å². The van der Waals surface area contributed by atoms with Crippen LogP contribution < -0.4 is 15.0 Å². The molecule has 7 nitrogen and oxygen atoms in total. The van der Waals surface area contributed by atoms with Gasteiger partial charge in [0.15, 0.2) is 11.5 Å². The number of phenols is 1. The van der Waals surface area contributed by atoms with Crippen molar-refractivity contribution < 1.29 is 24.2 Å². The molecule has 0 spiro atoms. The van der Waals surface area contributed by atoms with Crippen molar-refractivity contribution in [3.05, 3.63) is 57.0 Å². The van der Waals surface area contributed by atoms with Crippen LogP contribution in [-0.2, 0) is 9.59 Å². The van der Waals surface area contributed by atoms with Crippen LogP contribution in [0.3, 0.4) is 0 Å². The molecule has 1 saturated heterocycles. The van der Waals surface area contributed by atoms with Gasteiger partial charge in [-0.3, -0.25) is 14.9 Å². The first-order valence-corrected chi connectivity index (χ1v) is 9.31. The molecule has 28 heavy (non-hydrogen) atoms. The number of nitrogens with zero attached hydrogens (tertiary/aromatic N) is 1. The number of imide groups is 2. The van der Waals surface area contributed by atoms with Crippen LogP contribution in [-0.4, -0.2) is 29.6 Å². The number of barbiturate groups is 1. The fraction of sp³-hybridized carbons (Fsp3) is 0.105. The van der Waals surface area contributed by atoms with Gasteiger partial charge in [-0.15, -0.1) is 0 Å². The van der Waals surface area contributed by atoms with Crippen LogP contribution in [0.25, 0.3) is 6.08 Å². The molecule has 9 heteroatoms. The predicted octanol–water partition coefficient (Wildman–Crippen LogP) is 3.87. The largest absolute Gasteiger partial charge is 0.503 e. The Labute approximate surface area is 173 Å². The van der Waals surface area contributed by atoms with Gasteiger partial charge in [0.2, 0.25) is 0 Å². The molecule has 0 radical (unpaired) electrons. The zero-order valence-electron chi connectivity index (χ0n) is 14.5. The van der Waals surface area contributed by atoms with Crippen molar-refractivity contribution in [3.63, 3.8) is 0 Å². The van der Waals surface area contributed by atoms with Gasteiger partial charge >= 0.3 is 6.03 Å². The van der Waals surface area contributed by atoms with Crippen molar-refractivity contribution in [1.29, 1.82) is 0 Å². The van der Waals surface area contributed by atoms with Crippen LogP contribution in [0.2, 0.25) is 5.02 Å². The maximum atomic E-state index is 12.9. The number of hydrogen-bond acceptors (Lipinski definition) is 5. The summed E-state index contributed by atoms with van der Waals surface area (Å²) in [6.45, 7) is 2.02. The zero-order chi connectivity index (χ0) is 20.4. The number of hydrogen-bond donors (Lipinski definition) is 2. The Kier molecular flexibility index (Phi) is 5.71. The summed E-state index contributed by atoms with van der Waals surface area (Å²) >= 11 is 9.28. The normalized spacial score (nSPS) is 15.8. The van der Waals surface area contributed by atoms with Gasteiger partial charge in [-0.05, 0) is 48.9 Å². The minimum absolute atomic E-state index is 0.00129. The number of urea groups is 1. The summed E-state index contributed by atoms with van der Waals surface area (Å²) in [5.74, 6) is -1.74. The fourth-order valence-electron chi connectivity index (χ4n) is 2.62. The molecule has 0 aliphatic carbocycles. The Balaban J connectivity index is 2.04. The summed E-state index contributed by atoms with van der Waals surface area (Å²) in [6.07, 6.45) is 1.28. The molecular formula is C19H14BrClN2O5. The number of amides is 4. The molecule has 144 valence electrons. The maximum Gasteiger partial charge on any atom is 0.335 e.